The van der Waals surface area contributed by atoms with Gasteiger partial charge in [-0.1, -0.05) is 48.5 Å². The number of carboxylic acids is 2. The van der Waals surface area contributed by atoms with Crippen molar-refractivity contribution < 1.29 is 30.0 Å². The predicted molar refractivity (Wildman–Crippen MR) is 203 cm³/mol. The molecule has 4 N–H and O–H groups in total. The summed E-state index contributed by atoms with van der Waals surface area (Å²) < 4.78 is 0. The Morgan fingerprint density at radius 3 is 1.20 bits per heavy atom. The van der Waals surface area contributed by atoms with Gasteiger partial charge >= 0.3 is 11.9 Å². The van der Waals surface area contributed by atoms with Gasteiger partial charge in [0.05, 0.1) is 26.1 Å². The second-order valence-electron chi connectivity index (χ2n) is 11.2. The maximum absolute atomic E-state index is 11.9. The molecule has 0 fully saturated rings. The zero-order valence-electron chi connectivity index (χ0n) is 25.7. The van der Waals surface area contributed by atoms with Crippen molar-refractivity contribution in [3.05, 3.63) is 119 Å². The molecule has 11 heteroatoms. The van der Waals surface area contributed by atoms with E-state index in [9.17, 15) is 30.0 Å². The van der Waals surface area contributed by atoms with Gasteiger partial charge in [-0.05, 0) is 81.9 Å². The van der Waals surface area contributed by atoms with Gasteiger partial charge in [-0.2, -0.15) is 0 Å². The third-order valence-corrected chi connectivity index (χ3v) is 14.4. The third-order valence-electron chi connectivity index (χ3n) is 7.96. The van der Waals surface area contributed by atoms with Gasteiger partial charge in [0.15, 0.2) is 0 Å². The Morgan fingerprint density at radius 1 is 0.429 bits per heavy atom. The fourth-order valence-corrected chi connectivity index (χ4v) is 11.7. The Morgan fingerprint density at radius 2 is 0.796 bits per heavy atom. The van der Waals surface area contributed by atoms with Crippen LogP contribution in [0.4, 0.5) is 0 Å². The summed E-state index contributed by atoms with van der Waals surface area (Å²) >= 11 is 7.87. The minimum absolute atomic E-state index is 0.0521. The first-order valence-corrected chi connectivity index (χ1v) is 19.3. The second kappa shape index (κ2) is 14.3. The second-order valence-corrected chi connectivity index (χ2v) is 16.5. The van der Waals surface area contributed by atoms with Crippen LogP contribution in [0, 0.1) is 0 Å². The number of aliphatic hydroxyl groups is 2. The van der Waals surface area contributed by atoms with Crippen molar-refractivity contribution in [2.24, 2.45) is 0 Å². The zero-order chi connectivity index (χ0) is 34.1. The SMILES string of the molecule is O=C(O)Cc1cc(-c2ccc(-c3ccccc3CO)s2)sc1-c1ccc(-c2sc(-c3ccc(-c4ccccc4CO)s3)cc2CC(=O)O)s1. The number of rotatable bonds is 12. The zero-order valence-corrected chi connectivity index (χ0v) is 29.8. The van der Waals surface area contributed by atoms with Crippen molar-refractivity contribution >= 4 is 68.6 Å². The third kappa shape index (κ3) is 6.97. The summed E-state index contributed by atoms with van der Waals surface area (Å²) in [5.74, 6) is -1.82. The summed E-state index contributed by atoms with van der Waals surface area (Å²) in [6.45, 7) is -0.104. The highest BCUT2D eigenvalue weighted by Gasteiger charge is 2.22. The van der Waals surface area contributed by atoms with Crippen LogP contribution in [0.2, 0.25) is 0 Å². The van der Waals surface area contributed by atoms with Crippen LogP contribution in [0.1, 0.15) is 22.3 Å². The van der Waals surface area contributed by atoms with Crippen LogP contribution in [-0.2, 0) is 35.6 Å². The van der Waals surface area contributed by atoms with Crippen LogP contribution in [0.15, 0.2) is 97.1 Å². The van der Waals surface area contributed by atoms with E-state index in [1.165, 1.54) is 11.3 Å². The molecular formula is C38H28O6S5. The van der Waals surface area contributed by atoms with Gasteiger partial charge in [0.2, 0.25) is 0 Å². The molecule has 7 rings (SSSR count). The molecule has 0 unspecified atom stereocenters. The van der Waals surface area contributed by atoms with Crippen molar-refractivity contribution in [2.45, 2.75) is 26.1 Å². The Hall–Kier alpha value is -4.20. The minimum Gasteiger partial charge on any atom is -0.481 e. The van der Waals surface area contributed by atoms with Crippen LogP contribution in [-0.4, -0.2) is 32.4 Å². The van der Waals surface area contributed by atoms with E-state index in [1.807, 2.05) is 97.1 Å². The molecular weight excluding hydrogens is 713 g/mol. The van der Waals surface area contributed by atoms with E-state index in [0.717, 1.165) is 82.2 Å². The lowest BCUT2D eigenvalue weighted by atomic mass is 10.1. The quantitative estimate of drug-likeness (QED) is 0.0992. The summed E-state index contributed by atoms with van der Waals surface area (Å²) in [7, 11) is 0. The van der Waals surface area contributed by atoms with Crippen molar-refractivity contribution in [3.63, 3.8) is 0 Å². The summed E-state index contributed by atoms with van der Waals surface area (Å²) in [5.41, 5.74) is 5.13. The number of carbonyl (C=O) groups is 2. The first-order valence-electron chi connectivity index (χ1n) is 15.2. The lowest BCUT2D eigenvalue weighted by Crippen LogP contribution is -1.99. The Kier molecular flexibility index (Phi) is 9.75. The standard InChI is InChI=1S/C38H28O6S5/c39-19-21-5-1-3-7-25(21)27-9-11-29(45-27)33-15-23(17-35(41)42)37(48-33)31-13-14-32(47-31)38-24(18-36(43)44)16-34(49-38)30-12-10-28(46-30)26-8-4-2-6-22(26)20-40/h1-16,39-40H,17-20H2,(H,41,42)(H,43,44). The van der Waals surface area contributed by atoms with Gasteiger partial charge in [0, 0.05) is 48.8 Å². The van der Waals surface area contributed by atoms with E-state index in [1.54, 1.807) is 45.3 Å². The molecule has 6 nitrogen and oxygen atoms in total. The molecule has 2 aromatic carbocycles. The highest BCUT2D eigenvalue weighted by atomic mass is 32.1. The predicted octanol–water partition coefficient (Wildman–Crippen LogP) is 10.2. The number of thiophene rings is 5. The van der Waals surface area contributed by atoms with Crippen LogP contribution >= 0.6 is 56.7 Å². The summed E-state index contributed by atoms with van der Waals surface area (Å²) in [6.07, 6.45) is -0.226. The van der Waals surface area contributed by atoms with Gasteiger partial charge in [-0.3, -0.25) is 9.59 Å². The summed E-state index contributed by atoms with van der Waals surface area (Å²) in [5, 5.41) is 39.2. The number of aliphatic carboxylic acids is 2. The molecule has 0 aliphatic rings. The number of aliphatic hydroxyl groups excluding tert-OH is 2. The molecule has 5 heterocycles. The van der Waals surface area contributed by atoms with Gasteiger partial charge in [0.25, 0.3) is 0 Å². The number of hydrogen-bond donors (Lipinski definition) is 4. The van der Waals surface area contributed by atoms with Crippen molar-refractivity contribution in [1.82, 2.24) is 0 Å². The van der Waals surface area contributed by atoms with E-state index in [4.69, 9.17) is 0 Å². The summed E-state index contributed by atoms with van der Waals surface area (Å²) in [6, 6.07) is 31.6. The molecule has 0 amide bonds. The van der Waals surface area contributed by atoms with Crippen LogP contribution in [0.25, 0.3) is 59.9 Å². The molecule has 49 heavy (non-hydrogen) atoms. The minimum atomic E-state index is -0.908. The van der Waals surface area contributed by atoms with Crippen LogP contribution < -0.4 is 0 Å². The average Bonchev–Trinajstić information content (AvgIpc) is 3.94. The molecule has 0 atom stereocenters. The first-order chi connectivity index (χ1) is 23.8. The van der Waals surface area contributed by atoms with Crippen molar-refractivity contribution in [2.75, 3.05) is 0 Å². The Bertz CT molecular complexity index is 2140. The fraction of sp³-hybridized carbons (Fsp3) is 0.105. The smallest absolute Gasteiger partial charge is 0.307 e. The summed E-state index contributed by atoms with van der Waals surface area (Å²) in [4.78, 5) is 33.5. The molecule has 0 saturated heterocycles. The largest absolute Gasteiger partial charge is 0.481 e. The monoisotopic (exact) mass is 740 g/mol. The van der Waals surface area contributed by atoms with E-state index in [2.05, 4.69) is 0 Å². The number of benzene rings is 2. The molecule has 0 radical (unpaired) electrons. The van der Waals surface area contributed by atoms with Crippen LogP contribution in [0.3, 0.4) is 0 Å². The maximum Gasteiger partial charge on any atom is 0.307 e. The first kappa shape index (κ1) is 33.3. The fourth-order valence-electron chi connectivity index (χ4n) is 5.72. The molecule has 0 spiro atoms. The van der Waals surface area contributed by atoms with E-state index in [-0.39, 0.29) is 26.1 Å². The van der Waals surface area contributed by atoms with Gasteiger partial charge in [-0.25, -0.2) is 0 Å². The van der Waals surface area contributed by atoms with Gasteiger partial charge < -0.3 is 20.4 Å². The van der Waals surface area contributed by atoms with Gasteiger partial charge in [0.1, 0.15) is 0 Å². The van der Waals surface area contributed by atoms with Crippen molar-refractivity contribution in [3.8, 4) is 59.9 Å². The van der Waals surface area contributed by atoms with Gasteiger partial charge in [-0.15, -0.1) is 56.7 Å². The molecule has 5 aromatic heterocycles. The average molecular weight is 741 g/mol. The molecule has 0 aliphatic heterocycles. The topological polar surface area (TPSA) is 115 Å². The highest BCUT2D eigenvalue weighted by molar-refractivity contribution is 7.30. The normalized spacial score (nSPS) is 11.3. The Balaban J connectivity index is 1.23. The van der Waals surface area contributed by atoms with Crippen molar-refractivity contribution in [1.29, 1.82) is 0 Å². The molecule has 0 saturated carbocycles. The molecule has 0 bridgehead atoms. The maximum atomic E-state index is 11.9. The molecule has 246 valence electrons. The number of hydrogen-bond acceptors (Lipinski definition) is 9. The molecule has 7 aromatic rings. The van der Waals surface area contributed by atoms with E-state index in [0.29, 0.717) is 0 Å². The highest BCUT2D eigenvalue weighted by Crippen LogP contribution is 2.49. The Labute approximate surface area is 302 Å². The molecule has 0 aliphatic carbocycles. The van der Waals surface area contributed by atoms with Crippen LogP contribution in [0.5, 0.6) is 0 Å². The lowest BCUT2D eigenvalue weighted by molar-refractivity contribution is -0.137. The lowest BCUT2D eigenvalue weighted by Gasteiger charge is -2.03. The van der Waals surface area contributed by atoms with E-state index < -0.39 is 11.9 Å². The van der Waals surface area contributed by atoms with E-state index >= 15 is 0 Å². The number of carboxylic acid groups (broad SMARTS) is 2.